The summed E-state index contributed by atoms with van der Waals surface area (Å²) in [6, 6.07) is 8.17. The Hall–Kier alpha value is -1.25. The lowest BCUT2D eigenvalue weighted by atomic mass is 10.2. The van der Waals surface area contributed by atoms with E-state index in [-0.39, 0.29) is 5.91 Å². The number of nitrogens with one attached hydrogen (secondary N) is 1. The van der Waals surface area contributed by atoms with Crippen molar-refractivity contribution in [3.63, 3.8) is 0 Å². The number of hydrogen-bond donors (Lipinski definition) is 1. The number of carbonyl (C=O) groups is 1. The molecule has 0 bridgehead atoms. The molecule has 1 aromatic carbocycles. The fourth-order valence-corrected chi connectivity index (χ4v) is 5.25. The zero-order chi connectivity index (χ0) is 16.9. The normalized spacial score (nSPS) is 17.2. The van der Waals surface area contributed by atoms with Gasteiger partial charge in [-0.15, -0.1) is 22.0 Å². The van der Waals surface area contributed by atoms with Gasteiger partial charge in [0, 0.05) is 23.2 Å². The van der Waals surface area contributed by atoms with E-state index in [2.05, 4.69) is 28.5 Å². The second-order valence-electron chi connectivity index (χ2n) is 5.42. The van der Waals surface area contributed by atoms with Crippen molar-refractivity contribution >= 4 is 51.6 Å². The predicted octanol–water partition coefficient (Wildman–Crippen LogP) is 3.98. The highest BCUT2D eigenvalue weighted by Crippen LogP contribution is 2.37. The number of nitrogens with zero attached hydrogens (tertiary/aromatic N) is 3. The molecule has 5 nitrogen and oxygen atoms in total. The quantitative estimate of drug-likeness (QED) is 0.792. The molecule has 1 aliphatic heterocycles. The SMILES string of the molecule is CCNc1nnc(SCC(=O)N2CCC(C)Sc3ccccc32)s1. The first-order valence-electron chi connectivity index (χ1n) is 7.93. The van der Waals surface area contributed by atoms with E-state index in [1.54, 1.807) is 0 Å². The minimum Gasteiger partial charge on any atom is -0.360 e. The van der Waals surface area contributed by atoms with Crippen LogP contribution in [0, 0.1) is 0 Å². The second kappa shape index (κ2) is 8.22. The van der Waals surface area contributed by atoms with Crippen LogP contribution in [-0.4, -0.2) is 40.2 Å². The van der Waals surface area contributed by atoms with Crippen molar-refractivity contribution in [2.45, 2.75) is 34.8 Å². The molecule has 2 heterocycles. The maximum absolute atomic E-state index is 12.8. The van der Waals surface area contributed by atoms with Crippen molar-refractivity contribution in [1.82, 2.24) is 10.2 Å². The largest absolute Gasteiger partial charge is 0.360 e. The van der Waals surface area contributed by atoms with Crippen molar-refractivity contribution < 1.29 is 4.79 Å². The first-order chi connectivity index (χ1) is 11.7. The van der Waals surface area contributed by atoms with Crippen LogP contribution in [0.25, 0.3) is 0 Å². The monoisotopic (exact) mass is 380 g/mol. The number of hydrogen-bond acceptors (Lipinski definition) is 7. The summed E-state index contributed by atoms with van der Waals surface area (Å²) in [6.07, 6.45) is 0.999. The zero-order valence-electron chi connectivity index (χ0n) is 13.7. The average Bonchev–Trinajstić information content (AvgIpc) is 2.94. The molecule has 24 heavy (non-hydrogen) atoms. The number of anilines is 2. The van der Waals surface area contributed by atoms with Crippen molar-refractivity contribution in [3.05, 3.63) is 24.3 Å². The third kappa shape index (κ3) is 4.23. The number of rotatable bonds is 5. The Kier molecular flexibility index (Phi) is 6.02. The van der Waals surface area contributed by atoms with E-state index in [1.807, 2.05) is 41.8 Å². The first kappa shape index (κ1) is 17.6. The highest BCUT2D eigenvalue weighted by molar-refractivity contribution is 8.01. The summed E-state index contributed by atoms with van der Waals surface area (Å²) in [5, 5.41) is 12.6. The topological polar surface area (TPSA) is 58.1 Å². The molecule has 8 heteroatoms. The molecule has 0 saturated carbocycles. The van der Waals surface area contributed by atoms with Gasteiger partial charge in [-0.25, -0.2) is 0 Å². The maximum Gasteiger partial charge on any atom is 0.237 e. The summed E-state index contributed by atoms with van der Waals surface area (Å²) in [5.74, 6) is 0.510. The molecule has 1 amide bonds. The fraction of sp³-hybridized carbons (Fsp3) is 0.438. The van der Waals surface area contributed by atoms with Gasteiger partial charge in [-0.3, -0.25) is 4.79 Å². The Morgan fingerprint density at radius 3 is 3.08 bits per heavy atom. The van der Waals surface area contributed by atoms with Crippen LogP contribution >= 0.6 is 34.9 Å². The molecule has 2 aromatic rings. The Balaban J connectivity index is 1.67. The van der Waals surface area contributed by atoms with Gasteiger partial charge in [0.1, 0.15) is 0 Å². The van der Waals surface area contributed by atoms with Crippen molar-refractivity contribution in [2.75, 3.05) is 29.1 Å². The third-order valence-corrected chi connectivity index (χ3v) is 6.83. The van der Waals surface area contributed by atoms with Crippen LogP contribution in [0.1, 0.15) is 20.3 Å². The van der Waals surface area contributed by atoms with E-state index < -0.39 is 0 Å². The number of fused-ring (bicyclic) bond motifs is 1. The van der Waals surface area contributed by atoms with Crippen LogP contribution in [0.2, 0.25) is 0 Å². The molecular formula is C16H20N4OS3. The number of thioether (sulfide) groups is 2. The summed E-state index contributed by atoms with van der Waals surface area (Å²) in [4.78, 5) is 15.9. The molecule has 1 unspecified atom stereocenters. The first-order valence-corrected chi connectivity index (χ1v) is 10.6. The van der Waals surface area contributed by atoms with Crippen molar-refractivity contribution in [3.8, 4) is 0 Å². The molecule has 0 spiro atoms. The van der Waals surface area contributed by atoms with Gasteiger partial charge < -0.3 is 10.2 Å². The lowest BCUT2D eigenvalue weighted by Gasteiger charge is -2.22. The smallest absolute Gasteiger partial charge is 0.237 e. The molecule has 0 saturated heterocycles. The van der Waals surface area contributed by atoms with Gasteiger partial charge in [-0.1, -0.05) is 42.2 Å². The molecule has 1 atom stereocenters. The van der Waals surface area contributed by atoms with Crippen molar-refractivity contribution in [1.29, 1.82) is 0 Å². The number of benzene rings is 1. The van der Waals surface area contributed by atoms with Gasteiger partial charge in [-0.2, -0.15) is 0 Å². The molecule has 1 N–H and O–H groups in total. The Morgan fingerprint density at radius 1 is 1.42 bits per heavy atom. The third-order valence-electron chi connectivity index (χ3n) is 3.60. The van der Waals surface area contributed by atoms with Crippen molar-refractivity contribution in [2.24, 2.45) is 0 Å². The molecule has 0 aliphatic carbocycles. The van der Waals surface area contributed by atoms with E-state index in [0.29, 0.717) is 11.0 Å². The van der Waals surface area contributed by atoms with E-state index in [9.17, 15) is 4.79 Å². The molecule has 3 rings (SSSR count). The lowest BCUT2D eigenvalue weighted by molar-refractivity contribution is -0.116. The second-order valence-corrected chi connectivity index (χ2v) is 9.10. The van der Waals surface area contributed by atoms with Crippen LogP contribution in [0.4, 0.5) is 10.8 Å². The Bertz CT molecular complexity index is 706. The Morgan fingerprint density at radius 2 is 2.25 bits per heavy atom. The summed E-state index contributed by atoms with van der Waals surface area (Å²) in [5.41, 5.74) is 1.03. The fourth-order valence-electron chi connectivity index (χ4n) is 2.44. The standard InChI is InChI=1S/C16H20N4OS3/c1-3-17-15-18-19-16(24-15)22-10-14(21)20-9-8-11(2)23-13-7-5-4-6-12(13)20/h4-7,11H,3,8-10H2,1-2H3,(H,17,18). The van der Waals surface area contributed by atoms with Crippen LogP contribution in [0.3, 0.4) is 0 Å². The van der Waals surface area contributed by atoms with Crippen LogP contribution in [0.15, 0.2) is 33.5 Å². The molecule has 1 aromatic heterocycles. The molecular weight excluding hydrogens is 360 g/mol. The number of aromatic nitrogens is 2. The molecule has 128 valence electrons. The maximum atomic E-state index is 12.8. The summed E-state index contributed by atoms with van der Waals surface area (Å²) < 4.78 is 0.824. The predicted molar refractivity (Wildman–Crippen MR) is 104 cm³/mol. The highest BCUT2D eigenvalue weighted by Gasteiger charge is 2.24. The van der Waals surface area contributed by atoms with Gasteiger partial charge in [0.2, 0.25) is 11.0 Å². The van der Waals surface area contributed by atoms with Gasteiger partial charge in [0.25, 0.3) is 0 Å². The summed E-state index contributed by atoms with van der Waals surface area (Å²) >= 11 is 4.80. The molecule has 1 aliphatic rings. The van der Waals surface area contributed by atoms with E-state index in [4.69, 9.17) is 0 Å². The molecule has 0 fully saturated rings. The summed E-state index contributed by atoms with van der Waals surface area (Å²) in [6.45, 7) is 5.82. The zero-order valence-corrected chi connectivity index (χ0v) is 16.1. The average molecular weight is 381 g/mol. The van der Waals surface area contributed by atoms with Crippen LogP contribution in [-0.2, 0) is 4.79 Å². The van der Waals surface area contributed by atoms with E-state index in [1.165, 1.54) is 28.0 Å². The number of carbonyl (C=O) groups excluding carboxylic acids is 1. The van der Waals surface area contributed by atoms with Gasteiger partial charge in [-0.05, 0) is 25.5 Å². The summed E-state index contributed by atoms with van der Waals surface area (Å²) in [7, 11) is 0. The van der Waals surface area contributed by atoms with E-state index in [0.717, 1.165) is 34.7 Å². The highest BCUT2D eigenvalue weighted by atomic mass is 32.2. The van der Waals surface area contributed by atoms with Gasteiger partial charge in [0.05, 0.1) is 11.4 Å². The lowest BCUT2D eigenvalue weighted by Crippen LogP contribution is -2.33. The number of para-hydroxylation sites is 1. The number of amides is 1. The van der Waals surface area contributed by atoms with Crippen LogP contribution in [0.5, 0.6) is 0 Å². The minimum absolute atomic E-state index is 0.127. The van der Waals surface area contributed by atoms with Crippen LogP contribution < -0.4 is 10.2 Å². The van der Waals surface area contributed by atoms with Gasteiger partial charge >= 0.3 is 0 Å². The molecule has 0 radical (unpaired) electrons. The van der Waals surface area contributed by atoms with Gasteiger partial charge in [0.15, 0.2) is 4.34 Å². The van der Waals surface area contributed by atoms with E-state index >= 15 is 0 Å². The Labute approximate surface area is 154 Å². The minimum atomic E-state index is 0.127.